The Morgan fingerprint density at radius 2 is 1.48 bits per heavy atom. The largest absolute Gasteiger partial charge is 0.573 e. The van der Waals surface area contributed by atoms with Crippen molar-refractivity contribution in [2.45, 2.75) is 12.8 Å². The lowest BCUT2D eigenvalue weighted by Crippen LogP contribution is -2.17. The second kappa shape index (κ2) is 5.67. The van der Waals surface area contributed by atoms with E-state index in [0.717, 1.165) is 30.3 Å². The van der Waals surface area contributed by atoms with Gasteiger partial charge in [-0.2, -0.15) is 0 Å². The highest BCUT2D eigenvalue weighted by Crippen LogP contribution is 2.39. The van der Waals surface area contributed by atoms with Crippen LogP contribution in [0.1, 0.15) is 12.0 Å². The summed E-state index contributed by atoms with van der Waals surface area (Å²) in [5.41, 5.74) is -1.56. The van der Waals surface area contributed by atoms with Crippen molar-refractivity contribution in [3.63, 3.8) is 0 Å². The maximum atomic E-state index is 13.5. The van der Waals surface area contributed by atoms with Crippen LogP contribution in [-0.4, -0.2) is 6.36 Å². The summed E-state index contributed by atoms with van der Waals surface area (Å²) < 4.78 is 80.2. The predicted molar refractivity (Wildman–Crippen MR) is 63.5 cm³/mol. The average Bonchev–Trinajstić information content (AvgIpc) is 2.36. The van der Waals surface area contributed by atoms with Crippen molar-refractivity contribution >= 4 is 0 Å². The van der Waals surface area contributed by atoms with Gasteiger partial charge in [-0.25, -0.2) is 13.2 Å². The summed E-state index contributed by atoms with van der Waals surface area (Å²) >= 11 is 0. The van der Waals surface area contributed by atoms with Gasteiger partial charge in [-0.1, -0.05) is 30.3 Å². The number of rotatable bonds is 3. The molecule has 0 aromatic heterocycles. The molecule has 2 aromatic carbocycles. The smallest absolute Gasteiger partial charge is 0.405 e. The number of benzene rings is 2. The molecule has 0 heterocycles. The van der Waals surface area contributed by atoms with E-state index in [1.54, 1.807) is 0 Å². The highest BCUT2D eigenvalue weighted by molar-refractivity contribution is 5.73. The zero-order valence-corrected chi connectivity index (χ0v) is 10.3. The third-order valence-electron chi connectivity index (χ3n) is 2.67. The fraction of sp³-hybridized carbons (Fsp3) is 0.143. The SMILES string of the molecule is Fc1cccc(-c2ccccc2OC(F)(F)F)c1C(F)F. The van der Waals surface area contributed by atoms with Crippen molar-refractivity contribution in [2.75, 3.05) is 0 Å². The van der Waals surface area contributed by atoms with Gasteiger partial charge in [-0.3, -0.25) is 0 Å². The van der Waals surface area contributed by atoms with Crippen LogP contribution in [0, 0.1) is 5.82 Å². The van der Waals surface area contributed by atoms with E-state index < -0.39 is 29.9 Å². The average molecular weight is 306 g/mol. The molecular formula is C14H8F6O. The molecule has 0 radical (unpaired) electrons. The minimum absolute atomic E-state index is 0.260. The van der Waals surface area contributed by atoms with Gasteiger partial charge in [0, 0.05) is 5.56 Å². The highest BCUT2D eigenvalue weighted by atomic mass is 19.4. The van der Waals surface area contributed by atoms with Crippen LogP contribution in [0.15, 0.2) is 42.5 Å². The molecule has 2 rings (SSSR count). The van der Waals surface area contributed by atoms with Crippen LogP contribution in [0.3, 0.4) is 0 Å². The molecular weight excluding hydrogens is 298 g/mol. The molecule has 0 unspecified atom stereocenters. The van der Waals surface area contributed by atoms with Gasteiger partial charge >= 0.3 is 6.36 Å². The summed E-state index contributed by atoms with van der Waals surface area (Å²) in [6, 6.07) is 7.80. The molecule has 112 valence electrons. The van der Waals surface area contributed by atoms with Gasteiger partial charge in [0.15, 0.2) is 0 Å². The van der Waals surface area contributed by atoms with E-state index in [1.807, 2.05) is 0 Å². The lowest BCUT2D eigenvalue weighted by molar-refractivity contribution is -0.274. The minimum Gasteiger partial charge on any atom is -0.405 e. The van der Waals surface area contributed by atoms with Crippen molar-refractivity contribution in [3.05, 3.63) is 53.8 Å². The van der Waals surface area contributed by atoms with Crippen LogP contribution >= 0.6 is 0 Å². The van der Waals surface area contributed by atoms with Gasteiger partial charge in [0.25, 0.3) is 6.43 Å². The molecule has 1 nitrogen and oxygen atoms in total. The molecule has 0 aliphatic carbocycles. The summed E-state index contributed by atoms with van der Waals surface area (Å²) in [5, 5.41) is 0. The van der Waals surface area contributed by atoms with Gasteiger partial charge in [0.05, 0.1) is 5.56 Å². The van der Waals surface area contributed by atoms with Crippen LogP contribution in [0.5, 0.6) is 5.75 Å². The molecule has 0 aliphatic heterocycles. The quantitative estimate of drug-likeness (QED) is 0.696. The first-order valence-electron chi connectivity index (χ1n) is 5.71. The Labute approximate surface area is 115 Å². The van der Waals surface area contributed by atoms with Gasteiger partial charge in [-0.05, 0) is 17.7 Å². The fourth-order valence-electron chi connectivity index (χ4n) is 1.90. The van der Waals surface area contributed by atoms with Crippen molar-refractivity contribution in [3.8, 4) is 16.9 Å². The first-order valence-corrected chi connectivity index (χ1v) is 5.71. The molecule has 0 saturated carbocycles. The molecule has 7 heteroatoms. The topological polar surface area (TPSA) is 9.23 Å². The second-order valence-corrected chi connectivity index (χ2v) is 4.05. The van der Waals surface area contributed by atoms with Gasteiger partial charge in [0.2, 0.25) is 0 Å². The number of alkyl halides is 5. The van der Waals surface area contributed by atoms with E-state index in [-0.39, 0.29) is 11.1 Å². The summed E-state index contributed by atoms with van der Waals surface area (Å²) in [6.07, 6.45) is -8.14. The van der Waals surface area contributed by atoms with E-state index in [2.05, 4.69) is 4.74 Å². The number of para-hydroxylation sites is 1. The normalized spacial score (nSPS) is 11.8. The van der Waals surface area contributed by atoms with Crippen molar-refractivity contribution in [1.82, 2.24) is 0 Å². The Bertz CT molecular complexity index is 636. The van der Waals surface area contributed by atoms with Crippen molar-refractivity contribution < 1.29 is 31.1 Å². The highest BCUT2D eigenvalue weighted by Gasteiger charge is 2.32. The van der Waals surface area contributed by atoms with Crippen LogP contribution in [0.2, 0.25) is 0 Å². The number of halogens is 6. The first-order chi connectivity index (χ1) is 9.79. The number of hydrogen-bond acceptors (Lipinski definition) is 1. The Morgan fingerprint density at radius 1 is 0.857 bits per heavy atom. The van der Waals surface area contributed by atoms with Crippen molar-refractivity contribution in [2.24, 2.45) is 0 Å². The predicted octanol–water partition coefficient (Wildman–Crippen LogP) is 5.33. The first kappa shape index (κ1) is 15.2. The Kier molecular flexibility index (Phi) is 4.11. The van der Waals surface area contributed by atoms with Crippen LogP contribution < -0.4 is 4.74 Å². The standard InChI is InChI=1S/C14H8F6O/c15-10-6-3-5-9(12(10)13(16)17)8-4-1-2-7-11(8)21-14(18,19)20/h1-7,13H. The van der Waals surface area contributed by atoms with E-state index in [0.29, 0.717) is 0 Å². The third-order valence-corrected chi connectivity index (χ3v) is 2.67. The van der Waals surface area contributed by atoms with E-state index in [9.17, 15) is 26.3 Å². The molecule has 2 aromatic rings. The molecule has 0 bridgehead atoms. The van der Waals surface area contributed by atoms with Crippen LogP contribution in [-0.2, 0) is 0 Å². The molecule has 0 atom stereocenters. The van der Waals surface area contributed by atoms with Crippen LogP contribution in [0.4, 0.5) is 26.3 Å². The third kappa shape index (κ3) is 3.48. The summed E-state index contributed by atoms with van der Waals surface area (Å²) in [5.74, 6) is -1.86. The molecule has 0 amide bonds. The van der Waals surface area contributed by atoms with E-state index >= 15 is 0 Å². The van der Waals surface area contributed by atoms with Gasteiger partial charge < -0.3 is 4.74 Å². The lowest BCUT2D eigenvalue weighted by atomic mass is 9.98. The summed E-state index contributed by atoms with van der Waals surface area (Å²) in [4.78, 5) is 0. The Hall–Kier alpha value is -2.18. The van der Waals surface area contributed by atoms with Gasteiger partial charge in [0.1, 0.15) is 11.6 Å². The molecule has 0 fully saturated rings. The van der Waals surface area contributed by atoms with E-state index in [1.165, 1.54) is 12.1 Å². The van der Waals surface area contributed by atoms with Gasteiger partial charge in [-0.15, -0.1) is 13.2 Å². The zero-order chi connectivity index (χ0) is 15.6. The number of hydrogen-bond donors (Lipinski definition) is 0. The Balaban J connectivity index is 2.60. The lowest BCUT2D eigenvalue weighted by Gasteiger charge is -2.15. The second-order valence-electron chi connectivity index (χ2n) is 4.05. The minimum atomic E-state index is -4.98. The maximum Gasteiger partial charge on any atom is 0.573 e. The summed E-state index contributed by atoms with van der Waals surface area (Å²) in [6.45, 7) is 0. The van der Waals surface area contributed by atoms with E-state index in [4.69, 9.17) is 0 Å². The zero-order valence-electron chi connectivity index (χ0n) is 10.3. The van der Waals surface area contributed by atoms with Crippen molar-refractivity contribution in [1.29, 1.82) is 0 Å². The Morgan fingerprint density at radius 3 is 2.10 bits per heavy atom. The summed E-state index contributed by atoms with van der Waals surface area (Å²) in [7, 11) is 0. The molecule has 0 N–H and O–H groups in total. The maximum absolute atomic E-state index is 13.5. The number of ether oxygens (including phenoxy) is 1. The fourth-order valence-corrected chi connectivity index (χ4v) is 1.90. The monoisotopic (exact) mass is 306 g/mol. The molecule has 21 heavy (non-hydrogen) atoms. The van der Waals surface area contributed by atoms with Crippen LogP contribution in [0.25, 0.3) is 11.1 Å². The molecule has 0 aliphatic rings. The molecule has 0 saturated heterocycles. The molecule has 0 spiro atoms.